The SMILES string of the molecule is C[C@]12CC[C@H](O)CC1=C[C@@H](O)C1C2CC[C@@]2(C)C1[C@@H](O)C[C@@H]2O. The second kappa shape index (κ2) is 5.04. The summed E-state index contributed by atoms with van der Waals surface area (Å²) in [6.45, 7) is 4.38. The zero-order valence-electron chi connectivity index (χ0n) is 14.2. The van der Waals surface area contributed by atoms with Crippen LogP contribution in [0.15, 0.2) is 11.6 Å². The zero-order chi connectivity index (χ0) is 16.6. The molecule has 3 unspecified atom stereocenters. The van der Waals surface area contributed by atoms with Gasteiger partial charge in [-0.25, -0.2) is 0 Å². The summed E-state index contributed by atoms with van der Waals surface area (Å²) in [4.78, 5) is 0. The monoisotopic (exact) mass is 322 g/mol. The van der Waals surface area contributed by atoms with Gasteiger partial charge in [0.2, 0.25) is 0 Å². The Kier molecular flexibility index (Phi) is 3.52. The van der Waals surface area contributed by atoms with E-state index in [9.17, 15) is 20.4 Å². The van der Waals surface area contributed by atoms with Gasteiger partial charge in [-0.15, -0.1) is 0 Å². The summed E-state index contributed by atoms with van der Waals surface area (Å²) in [5.41, 5.74) is 0.955. The molecule has 0 aromatic rings. The van der Waals surface area contributed by atoms with Gasteiger partial charge in [0.05, 0.1) is 24.4 Å². The van der Waals surface area contributed by atoms with E-state index in [1.54, 1.807) is 0 Å². The number of aliphatic hydroxyl groups is 4. The molecule has 0 saturated heterocycles. The first-order chi connectivity index (χ1) is 10.8. The van der Waals surface area contributed by atoms with Crippen LogP contribution < -0.4 is 0 Å². The fraction of sp³-hybridized carbons (Fsp3) is 0.895. The molecular formula is C19H30O4. The average Bonchev–Trinajstić information content (AvgIpc) is 2.71. The van der Waals surface area contributed by atoms with Crippen LogP contribution in [0.5, 0.6) is 0 Å². The molecule has 4 N–H and O–H groups in total. The van der Waals surface area contributed by atoms with E-state index in [2.05, 4.69) is 13.8 Å². The van der Waals surface area contributed by atoms with Crippen LogP contribution >= 0.6 is 0 Å². The maximum absolute atomic E-state index is 10.9. The van der Waals surface area contributed by atoms with Crippen molar-refractivity contribution < 1.29 is 20.4 Å². The number of hydrogen-bond acceptors (Lipinski definition) is 4. The largest absolute Gasteiger partial charge is 0.393 e. The number of hydrogen-bond donors (Lipinski definition) is 4. The topological polar surface area (TPSA) is 80.9 Å². The molecule has 130 valence electrons. The number of rotatable bonds is 0. The van der Waals surface area contributed by atoms with Gasteiger partial charge in [0.25, 0.3) is 0 Å². The Balaban J connectivity index is 1.76. The molecule has 0 spiro atoms. The molecule has 4 aliphatic rings. The van der Waals surface area contributed by atoms with Crippen molar-refractivity contribution in [2.24, 2.45) is 28.6 Å². The molecule has 4 nitrogen and oxygen atoms in total. The van der Waals surface area contributed by atoms with Gasteiger partial charge in [-0.2, -0.15) is 0 Å². The van der Waals surface area contributed by atoms with Crippen LogP contribution in [-0.2, 0) is 0 Å². The van der Waals surface area contributed by atoms with Crippen LogP contribution in [-0.4, -0.2) is 44.8 Å². The molecule has 0 radical (unpaired) electrons. The Morgan fingerprint density at radius 3 is 2.52 bits per heavy atom. The molecule has 4 aliphatic carbocycles. The molecule has 0 heterocycles. The summed E-state index contributed by atoms with van der Waals surface area (Å²) in [5.74, 6) is 0.320. The molecule has 4 heteroatoms. The minimum absolute atomic E-state index is 0.0184. The van der Waals surface area contributed by atoms with Gasteiger partial charge in [-0.05, 0) is 60.7 Å². The molecule has 0 aromatic heterocycles. The van der Waals surface area contributed by atoms with Gasteiger partial charge in [0.1, 0.15) is 0 Å². The molecule has 0 aliphatic heterocycles. The Morgan fingerprint density at radius 2 is 1.78 bits per heavy atom. The summed E-state index contributed by atoms with van der Waals surface area (Å²) in [6, 6.07) is 0. The normalized spacial score (nSPS) is 58.9. The summed E-state index contributed by atoms with van der Waals surface area (Å²) in [7, 11) is 0. The molecular weight excluding hydrogens is 292 g/mol. The summed E-state index contributed by atoms with van der Waals surface area (Å²) >= 11 is 0. The lowest BCUT2D eigenvalue weighted by molar-refractivity contribution is -0.123. The molecule has 9 atom stereocenters. The van der Waals surface area contributed by atoms with Gasteiger partial charge in [0, 0.05) is 6.42 Å². The van der Waals surface area contributed by atoms with Gasteiger partial charge >= 0.3 is 0 Å². The lowest BCUT2D eigenvalue weighted by atomic mass is 9.47. The third-order valence-electron chi connectivity index (χ3n) is 8.05. The first-order valence-electron chi connectivity index (χ1n) is 9.21. The van der Waals surface area contributed by atoms with Crippen molar-refractivity contribution in [3.8, 4) is 0 Å². The zero-order valence-corrected chi connectivity index (χ0v) is 14.2. The van der Waals surface area contributed by atoms with E-state index in [0.717, 1.165) is 25.7 Å². The lowest BCUT2D eigenvalue weighted by Gasteiger charge is -2.59. The van der Waals surface area contributed by atoms with E-state index in [1.807, 2.05) is 6.08 Å². The van der Waals surface area contributed by atoms with Crippen molar-refractivity contribution in [3.63, 3.8) is 0 Å². The Bertz CT molecular complexity index is 531. The third-order valence-corrected chi connectivity index (χ3v) is 8.05. The predicted octanol–water partition coefficient (Wildman–Crippen LogP) is 1.61. The van der Waals surface area contributed by atoms with E-state index in [1.165, 1.54) is 5.57 Å². The highest BCUT2D eigenvalue weighted by atomic mass is 16.3. The fourth-order valence-corrected chi connectivity index (χ4v) is 6.65. The quantitative estimate of drug-likeness (QED) is 0.511. The Labute approximate surface area is 138 Å². The summed E-state index contributed by atoms with van der Waals surface area (Å²) in [5, 5.41) is 42.0. The predicted molar refractivity (Wildman–Crippen MR) is 86.5 cm³/mol. The van der Waals surface area contributed by atoms with Crippen molar-refractivity contribution in [2.75, 3.05) is 0 Å². The van der Waals surface area contributed by atoms with Crippen molar-refractivity contribution in [3.05, 3.63) is 11.6 Å². The van der Waals surface area contributed by atoms with Gasteiger partial charge in [-0.1, -0.05) is 25.5 Å². The highest BCUT2D eigenvalue weighted by Gasteiger charge is 2.63. The second-order valence-electron chi connectivity index (χ2n) is 9.07. The van der Waals surface area contributed by atoms with Gasteiger partial charge < -0.3 is 20.4 Å². The van der Waals surface area contributed by atoms with E-state index < -0.39 is 18.3 Å². The summed E-state index contributed by atoms with van der Waals surface area (Å²) < 4.78 is 0. The third kappa shape index (κ3) is 2.05. The van der Waals surface area contributed by atoms with E-state index in [-0.39, 0.29) is 28.8 Å². The first-order valence-corrected chi connectivity index (χ1v) is 9.21. The minimum Gasteiger partial charge on any atom is -0.393 e. The van der Waals surface area contributed by atoms with Crippen LogP contribution in [0.1, 0.15) is 52.4 Å². The maximum atomic E-state index is 10.9. The highest BCUT2D eigenvalue weighted by Crippen LogP contribution is 2.64. The van der Waals surface area contributed by atoms with Gasteiger partial charge in [-0.3, -0.25) is 0 Å². The number of aliphatic hydroxyl groups excluding tert-OH is 4. The van der Waals surface area contributed by atoms with E-state index in [4.69, 9.17) is 0 Å². The van der Waals surface area contributed by atoms with Gasteiger partial charge in [0.15, 0.2) is 0 Å². The Hall–Kier alpha value is -0.420. The van der Waals surface area contributed by atoms with Crippen molar-refractivity contribution in [1.82, 2.24) is 0 Å². The van der Waals surface area contributed by atoms with Crippen molar-refractivity contribution in [2.45, 2.75) is 76.8 Å². The highest BCUT2D eigenvalue weighted by molar-refractivity contribution is 5.28. The van der Waals surface area contributed by atoms with Crippen LogP contribution in [0.4, 0.5) is 0 Å². The van der Waals surface area contributed by atoms with Crippen molar-refractivity contribution in [1.29, 1.82) is 0 Å². The van der Waals surface area contributed by atoms with E-state index >= 15 is 0 Å². The molecule has 3 fully saturated rings. The first kappa shape index (κ1) is 16.1. The maximum Gasteiger partial charge on any atom is 0.0758 e. The van der Waals surface area contributed by atoms with Crippen LogP contribution in [0, 0.1) is 28.6 Å². The molecule has 0 bridgehead atoms. The molecule has 23 heavy (non-hydrogen) atoms. The smallest absolute Gasteiger partial charge is 0.0758 e. The minimum atomic E-state index is -0.571. The standard InChI is InChI=1S/C19H30O4/c1-18-5-3-11(20)7-10(18)8-13(21)16-12(18)4-6-19(2)15(23)9-14(22)17(16)19/h8,11-17,20-23H,3-7,9H2,1-2H3/t11-,12?,13+,14-,15-,16?,17?,18-,19+/m0/s1. The molecule has 0 aromatic carbocycles. The molecule has 0 amide bonds. The molecule has 4 rings (SSSR count). The number of fused-ring (bicyclic) bond motifs is 5. The summed E-state index contributed by atoms with van der Waals surface area (Å²) in [6.07, 6.45) is 4.89. The lowest BCUT2D eigenvalue weighted by Crippen LogP contribution is -2.56. The average molecular weight is 322 g/mol. The second-order valence-corrected chi connectivity index (χ2v) is 9.07. The van der Waals surface area contributed by atoms with Crippen LogP contribution in [0.2, 0.25) is 0 Å². The van der Waals surface area contributed by atoms with Crippen molar-refractivity contribution >= 4 is 0 Å². The molecule has 3 saturated carbocycles. The fourth-order valence-electron chi connectivity index (χ4n) is 6.65. The van der Waals surface area contributed by atoms with Crippen LogP contribution in [0.3, 0.4) is 0 Å². The van der Waals surface area contributed by atoms with Crippen LogP contribution in [0.25, 0.3) is 0 Å². The van der Waals surface area contributed by atoms with E-state index in [0.29, 0.717) is 18.8 Å². The Morgan fingerprint density at radius 1 is 1.04 bits per heavy atom.